The molecule has 0 aromatic heterocycles. The van der Waals surface area contributed by atoms with Crippen LogP contribution in [0.2, 0.25) is 0 Å². The van der Waals surface area contributed by atoms with Crippen molar-refractivity contribution in [3.8, 4) is 0 Å². The van der Waals surface area contributed by atoms with Crippen LogP contribution >= 0.6 is 0 Å². The Bertz CT molecular complexity index is 387. The Morgan fingerprint density at radius 2 is 1.29 bits per heavy atom. The molecule has 3 heteroatoms. The number of carbonyl (C=O) groups is 1. The second kappa shape index (κ2) is 20.6. The van der Waals surface area contributed by atoms with Crippen LogP contribution in [-0.2, 0) is 14.3 Å². The van der Waals surface area contributed by atoms with Gasteiger partial charge in [0.15, 0.2) is 0 Å². The molecule has 0 saturated carbocycles. The molecule has 0 fully saturated rings. The first-order chi connectivity index (χ1) is 13.6. The molecule has 0 aliphatic carbocycles. The van der Waals surface area contributed by atoms with Crippen molar-refractivity contribution in [2.75, 3.05) is 19.8 Å². The second-order valence-electron chi connectivity index (χ2n) is 8.32. The van der Waals surface area contributed by atoms with E-state index in [1.807, 2.05) is 0 Å². The second-order valence-corrected chi connectivity index (χ2v) is 8.32. The van der Waals surface area contributed by atoms with Gasteiger partial charge in [0, 0.05) is 0 Å². The van der Waals surface area contributed by atoms with Gasteiger partial charge in [0.2, 0.25) is 0 Å². The fourth-order valence-corrected chi connectivity index (χ4v) is 3.19. The van der Waals surface area contributed by atoms with Crippen molar-refractivity contribution in [2.45, 2.75) is 104 Å². The van der Waals surface area contributed by atoms with E-state index in [0.29, 0.717) is 18.8 Å². The van der Waals surface area contributed by atoms with Gasteiger partial charge in [-0.2, -0.15) is 0 Å². The minimum Gasteiger partial charge on any atom is -0.462 e. The Morgan fingerprint density at radius 1 is 0.821 bits per heavy atom. The molecule has 0 amide bonds. The van der Waals surface area contributed by atoms with Crippen molar-refractivity contribution in [1.29, 1.82) is 0 Å². The highest BCUT2D eigenvalue weighted by atomic mass is 16.5. The van der Waals surface area contributed by atoms with Crippen LogP contribution in [0.15, 0.2) is 24.8 Å². The molecule has 28 heavy (non-hydrogen) atoms. The fourth-order valence-electron chi connectivity index (χ4n) is 3.19. The van der Waals surface area contributed by atoms with Crippen molar-refractivity contribution in [2.24, 2.45) is 5.92 Å². The van der Waals surface area contributed by atoms with Crippen molar-refractivity contribution >= 4 is 5.97 Å². The lowest BCUT2D eigenvalue weighted by atomic mass is 10.0. The van der Waals surface area contributed by atoms with E-state index in [9.17, 15) is 4.79 Å². The molecule has 0 heterocycles. The quantitative estimate of drug-likeness (QED) is 0.0880. The highest BCUT2D eigenvalue weighted by molar-refractivity contribution is 5.87. The summed E-state index contributed by atoms with van der Waals surface area (Å²) in [5.74, 6) is 0.520. The van der Waals surface area contributed by atoms with Crippen LogP contribution in [-0.4, -0.2) is 25.8 Å². The zero-order valence-electron chi connectivity index (χ0n) is 18.8. The molecule has 0 spiro atoms. The zero-order valence-corrected chi connectivity index (χ0v) is 18.8. The molecular formula is C25H46O3. The molecule has 0 bridgehead atoms. The Balaban J connectivity index is 3.22. The van der Waals surface area contributed by atoms with Gasteiger partial charge in [-0.3, -0.25) is 0 Å². The van der Waals surface area contributed by atoms with E-state index in [0.717, 1.165) is 18.8 Å². The van der Waals surface area contributed by atoms with Gasteiger partial charge in [-0.1, -0.05) is 110 Å². The van der Waals surface area contributed by atoms with Crippen LogP contribution in [0, 0.1) is 5.92 Å². The normalized spacial score (nSPS) is 11.0. The summed E-state index contributed by atoms with van der Waals surface area (Å²) in [4.78, 5) is 11.7. The van der Waals surface area contributed by atoms with Crippen LogP contribution in [0.5, 0.6) is 0 Å². The first-order valence-corrected chi connectivity index (χ1v) is 11.6. The Labute approximate surface area is 175 Å². The van der Waals surface area contributed by atoms with E-state index in [-0.39, 0.29) is 12.6 Å². The molecule has 0 unspecified atom stereocenters. The van der Waals surface area contributed by atoms with Gasteiger partial charge in [0.25, 0.3) is 0 Å². The Hall–Kier alpha value is -1.09. The van der Waals surface area contributed by atoms with Gasteiger partial charge in [-0.15, -0.1) is 6.58 Å². The summed E-state index contributed by atoms with van der Waals surface area (Å²) < 4.78 is 10.4. The summed E-state index contributed by atoms with van der Waals surface area (Å²) in [6.45, 7) is 13.0. The van der Waals surface area contributed by atoms with Crippen LogP contribution in [0.3, 0.4) is 0 Å². The van der Waals surface area contributed by atoms with Gasteiger partial charge in [-0.05, 0) is 12.3 Å². The number of hydrogen-bond acceptors (Lipinski definition) is 3. The van der Waals surface area contributed by atoms with E-state index in [2.05, 4.69) is 27.0 Å². The molecular weight excluding hydrogens is 348 g/mol. The number of carbonyl (C=O) groups excluding carboxylic acids is 1. The molecule has 0 saturated heterocycles. The predicted octanol–water partition coefficient (Wildman–Crippen LogP) is 7.41. The van der Waals surface area contributed by atoms with Crippen LogP contribution in [0.1, 0.15) is 104 Å². The minimum atomic E-state index is -0.344. The average molecular weight is 395 g/mol. The lowest BCUT2D eigenvalue weighted by Crippen LogP contribution is -2.12. The van der Waals surface area contributed by atoms with Gasteiger partial charge >= 0.3 is 5.97 Å². The zero-order chi connectivity index (χ0) is 20.9. The van der Waals surface area contributed by atoms with E-state index in [4.69, 9.17) is 9.47 Å². The lowest BCUT2D eigenvalue weighted by molar-refractivity contribution is -0.139. The molecule has 0 aliphatic heterocycles. The van der Waals surface area contributed by atoms with E-state index in [1.165, 1.54) is 77.0 Å². The maximum atomic E-state index is 11.7. The van der Waals surface area contributed by atoms with Crippen molar-refractivity contribution in [1.82, 2.24) is 0 Å². The monoisotopic (exact) mass is 394 g/mol. The Morgan fingerprint density at radius 3 is 1.75 bits per heavy atom. The molecule has 0 aromatic rings. The summed E-state index contributed by atoms with van der Waals surface area (Å²) in [6, 6.07) is 0. The average Bonchev–Trinajstić information content (AvgIpc) is 2.67. The lowest BCUT2D eigenvalue weighted by Gasteiger charge is -2.07. The highest BCUT2D eigenvalue weighted by Gasteiger charge is 2.07. The number of hydrogen-bond donors (Lipinski definition) is 0. The summed E-state index contributed by atoms with van der Waals surface area (Å²) in [7, 11) is 0. The fraction of sp³-hybridized carbons (Fsp3) is 0.800. The minimum absolute atomic E-state index is 0.211. The summed E-state index contributed by atoms with van der Waals surface area (Å²) in [5.41, 5.74) is 0.373. The van der Waals surface area contributed by atoms with Gasteiger partial charge in [0.1, 0.15) is 0 Å². The largest absolute Gasteiger partial charge is 0.462 e. The Kier molecular flexibility index (Phi) is 19.8. The summed E-state index contributed by atoms with van der Waals surface area (Å²) in [5, 5.41) is 0. The maximum absolute atomic E-state index is 11.7. The molecule has 0 N–H and O–H groups in total. The highest BCUT2D eigenvalue weighted by Crippen LogP contribution is 2.14. The van der Waals surface area contributed by atoms with Gasteiger partial charge in [0.05, 0.1) is 25.4 Å². The SMILES string of the molecule is C=CCOCC(=C)C(=O)OCCCCCCCCCCCCCCCC(C)C. The van der Waals surface area contributed by atoms with Crippen LogP contribution in [0.25, 0.3) is 0 Å². The predicted molar refractivity (Wildman–Crippen MR) is 121 cm³/mol. The number of ether oxygens (including phenoxy) is 2. The summed E-state index contributed by atoms with van der Waals surface area (Å²) >= 11 is 0. The van der Waals surface area contributed by atoms with Crippen LogP contribution in [0.4, 0.5) is 0 Å². The third-order valence-electron chi connectivity index (χ3n) is 4.96. The molecule has 0 atom stereocenters. The molecule has 0 aromatic carbocycles. The molecule has 164 valence electrons. The third-order valence-corrected chi connectivity index (χ3v) is 4.96. The van der Waals surface area contributed by atoms with Crippen molar-refractivity contribution < 1.29 is 14.3 Å². The summed E-state index contributed by atoms with van der Waals surface area (Å²) in [6.07, 6.45) is 20.2. The standard InChI is InChI=1S/C25H46O3/c1-5-20-27-22-24(4)25(26)28-21-18-16-14-12-10-8-6-7-9-11-13-15-17-19-23(2)3/h5,23H,1,4,6-22H2,2-3H3. The maximum Gasteiger partial charge on any atom is 0.335 e. The molecule has 0 rings (SSSR count). The smallest absolute Gasteiger partial charge is 0.335 e. The third kappa shape index (κ3) is 19.7. The molecule has 0 radical (unpaired) electrons. The first kappa shape index (κ1) is 26.9. The van der Waals surface area contributed by atoms with Gasteiger partial charge < -0.3 is 9.47 Å². The van der Waals surface area contributed by atoms with Crippen molar-refractivity contribution in [3.63, 3.8) is 0 Å². The number of esters is 1. The van der Waals surface area contributed by atoms with Crippen molar-refractivity contribution in [3.05, 3.63) is 24.8 Å². The van der Waals surface area contributed by atoms with Crippen LogP contribution < -0.4 is 0 Å². The molecule has 0 aliphatic rings. The van der Waals surface area contributed by atoms with Gasteiger partial charge in [-0.25, -0.2) is 4.79 Å². The first-order valence-electron chi connectivity index (χ1n) is 11.6. The van der Waals surface area contributed by atoms with E-state index >= 15 is 0 Å². The topological polar surface area (TPSA) is 35.5 Å². The number of rotatable bonds is 21. The van der Waals surface area contributed by atoms with E-state index < -0.39 is 0 Å². The molecule has 3 nitrogen and oxygen atoms in total. The van der Waals surface area contributed by atoms with E-state index in [1.54, 1.807) is 6.08 Å². The number of unbranched alkanes of at least 4 members (excludes halogenated alkanes) is 12.